The van der Waals surface area contributed by atoms with E-state index in [0.717, 1.165) is 48.6 Å². The van der Waals surface area contributed by atoms with Gasteiger partial charge in [-0.2, -0.15) is 10.4 Å². The normalized spacial score (nSPS) is 19.3. The molecule has 0 aromatic carbocycles. The number of nitriles is 1. The fourth-order valence-electron chi connectivity index (χ4n) is 3.68. The van der Waals surface area contributed by atoms with Crippen LogP contribution in [-0.2, 0) is 24.1 Å². The highest BCUT2D eigenvalue weighted by Gasteiger charge is 2.23. The molecule has 2 atom stereocenters. The minimum absolute atomic E-state index is 0.203. The number of aromatic nitrogens is 3. The van der Waals surface area contributed by atoms with Gasteiger partial charge >= 0.3 is 0 Å². The van der Waals surface area contributed by atoms with E-state index in [4.69, 9.17) is 4.74 Å². The highest BCUT2D eigenvalue weighted by atomic mass is 16.5. The lowest BCUT2D eigenvalue weighted by molar-refractivity contribution is -0.00545. The summed E-state index contributed by atoms with van der Waals surface area (Å²) in [5.41, 5.74) is 3.49. The zero-order chi connectivity index (χ0) is 20.1. The summed E-state index contributed by atoms with van der Waals surface area (Å²) in [7, 11) is 0. The van der Waals surface area contributed by atoms with Gasteiger partial charge in [0.15, 0.2) is 5.82 Å². The summed E-state index contributed by atoms with van der Waals surface area (Å²) in [4.78, 5) is 6.87. The fourth-order valence-corrected chi connectivity index (χ4v) is 3.68. The molecule has 148 valence electrons. The standard InChI is InChI=1S/C21H28N6O/c1-5-17-18(9-22)21(26-25-19(17)6-2)24-11-16-7-8-20(23-10-16)27-12-14(3)28-15(4)13-27/h7-8,10,14-15H,5-6,11-13H2,1-4H3,(H,24,26). The maximum Gasteiger partial charge on any atom is 0.167 e. The monoisotopic (exact) mass is 380 g/mol. The third-order valence-corrected chi connectivity index (χ3v) is 4.97. The Morgan fingerprint density at radius 1 is 1.18 bits per heavy atom. The van der Waals surface area contributed by atoms with Crippen LogP contribution in [0.4, 0.5) is 11.6 Å². The lowest BCUT2D eigenvalue weighted by Gasteiger charge is -2.36. The van der Waals surface area contributed by atoms with Crippen LogP contribution < -0.4 is 10.2 Å². The molecule has 2 unspecified atom stereocenters. The highest BCUT2D eigenvalue weighted by molar-refractivity contribution is 5.56. The summed E-state index contributed by atoms with van der Waals surface area (Å²) in [6.07, 6.45) is 3.81. The number of pyridine rings is 1. The van der Waals surface area contributed by atoms with Gasteiger partial charge in [-0.25, -0.2) is 4.98 Å². The van der Waals surface area contributed by atoms with E-state index in [1.54, 1.807) is 0 Å². The molecule has 7 heteroatoms. The molecule has 2 aromatic rings. The van der Waals surface area contributed by atoms with E-state index in [0.29, 0.717) is 17.9 Å². The van der Waals surface area contributed by atoms with Crippen LogP contribution in [0.2, 0.25) is 0 Å². The first-order valence-electron chi connectivity index (χ1n) is 9.93. The second kappa shape index (κ2) is 8.98. The van der Waals surface area contributed by atoms with Crippen LogP contribution in [-0.4, -0.2) is 40.5 Å². The van der Waals surface area contributed by atoms with Gasteiger partial charge in [-0.15, -0.1) is 5.10 Å². The molecular weight excluding hydrogens is 352 g/mol. The number of hydrogen-bond acceptors (Lipinski definition) is 7. The van der Waals surface area contributed by atoms with E-state index in [1.807, 2.05) is 26.1 Å². The van der Waals surface area contributed by atoms with Crippen molar-refractivity contribution in [2.24, 2.45) is 0 Å². The van der Waals surface area contributed by atoms with E-state index in [-0.39, 0.29) is 12.2 Å². The smallest absolute Gasteiger partial charge is 0.167 e. The second-order valence-corrected chi connectivity index (χ2v) is 7.21. The summed E-state index contributed by atoms with van der Waals surface area (Å²) in [5.74, 6) is 1.50. The van der Waals surface area contributed by atoms with Gasteiger partial charge < -0.3 is 15.0 Å². The van der Waals surface area contributed by atoms with Gasteiger partial charge in [0, 0.05) is 25.8 Å². The van der Waals surface area contributed by atoms with Gasteiger partial charge in [0.2, 0.25) is 0 Å². The van der Waals surface area contributed by atoms with Gasteiger partial charge in [0.25, 0.3) is 0 Å². The van der Waals surface area contributed by atoms with Crippen molar-refractivity contribution in [1.82, 2.24) is 15.2 Å². The second-order valence-electron chi connectivity index (χ2n) is 7.21. The van der Waals surface area contributed by atoms with Crippen LogP contribution in [0.15, 0.2) is 18.3 Å². The van der Waals surface area contributed by atoms with Crippen LogP contribution in [0.1, 0.15) is 50.1 Å². The molecule has 3 heterocycles. The number of anilines is 2. The minimum atomic E-state index is 0.203. The van der Waals surface area contributed by atoms with E-state index >= 15 is 0 Å². The quantitative estimate of drug-likeness (QED) is 0.824. The Labute approximate surface area is 166 Å². The van der Waals surface area contributed by atoms with Crippen molar-refractivity contribution in [3.63, 3.8) is 0 Å². The molecule has 0 aliphatic carbocycles. The summed E-state index contributed by atoms with van der Waals surface area (Å²) < 4.78 is 5.79. The SMILES string of the molecule is CCc1nnc(NCc2ccc(N3CC(C)OC(C)C3)nc2)c(C#N)c1CC. The molecule has 28 heavy (non-hydrogen) atoms. The third-order valence-electron chi connectivity index (χ3n) is 4.97. The molecule has 0 radical (unpaired) electrons. The molecule has 2 aromatic heterocycles. The van der Waals surface area contributed by atoms with Crippen LogP contribution in [0.3, 0.4) is 0 Å². The van der Waals surface area contributed by atoms with E-state index in [9.17, 15) is 5.26 Å². The molecule has 1 N–H and O–H groups in total. The molecule has 7 nitrogen and oxygen atoms in total. The first-order valence-corrected chi connectivity index (χ1v) is 9.93. The van der Waals surface area contributed by atoms with Crippen molar-refractivity contribution in [2.75, 3.05) is 23.3 Å². The molecule has 0 bridgehead atoms. The summed E-state index contributed by atoms with van der Waals surface area (Å²) in [6.45, 7) is 10.5. The van der Waals surface area contributed by atoms with Gasteiger partial charge in [-0.3, -0.25) is 0 Å². The lowest BCUT2D eigenvalue weighted by Crippen LogP contribution is -2.45. The zero-order valence-electron chi connectivity index (χ0n) is 17.1. The van der Waals surface area contributed by atoms with Crippen LogP contribution >= 0.6 is 0 Å². The van der Waals surface area contributed by atoms with Crippen LogP contribution in [0, 0.1) is 11.3 Å². The Morgan fingerprint density at radius 3 is 2.50 bits per heavy atom. The number of nitrogens with zero attached hydrogens (tertiary/aromatic N) is 5. The number of hydrogen-bond donors (Lipinski definition) is 1. The van der Waals surface area contributed by atoms with E-state index in [1.165, 1.54) is 0 Å². The number of nitrogens with one attached hydrogen (secondary N) is 1. The molecule has 1 saturated heterocycles. The van der Waals surface area contributed by atoms with Crippen LogP contribution in [0.5, 0.6) is 0 Å². The van der Waals surface area contributed by atoms with Gasteiger partial charge in [-0.05, 0) is 43.9 Å². The summed E-state index contributed by atoms with van der Waals surface area (Å²) in [6, 6.07) is 6.38. The number of ether oxygens (including phenoxy) is 1. The van der Waals surface area contributed by atoms with E-state index < -0.39 is 0 Å². The molecule has 0 amide bonds. The Kier molecular flexibility index (Phi) is 6.42. The molecule has 3 rings (SSSR count). The number of aryl methyl sites for hydroxylation is 1. The maximum absolute atomic E-state index is 9.59. The van der Waals surface area contributed by atoms with Gasteiger partial charge in [0.05, 0.1) is 17.9 Å². The van der Waals surface area contributed by atoms with Crippen LogP contribution in [0.25, 0.3) is 0 Å². The molecule has 0 saturated carbocycles. The highest BCUT2D eigenvalue weighted by Crippen LogP contribution is 2.21. The predicted octanol–water partition coefficient (Wildman–Crippen LogP) is 3.09. The fraction of sp³-hybridized carbons (Fsp3) is 0.524. The van der Waals surface area contributed by atoms with Crippen molar-refractivity contribution in [2.45, 2.75) is 59.3 Å². The maximum atomic E-state index is 9.59. The van der Waals surface area contributed by atoms with E-state index in [2.05, 4.69) is 51.4 Å². The summed E-state index contributed by atoms with van der Waals surface area (Å²) in [5, 5.41) is 21.3. The van der Waals surface area contributed by atoms with Gasteiger partial charge in [-0.1, -0.05) is 19.9 Å². The largest absolute Gasteiger partial charge is 0.372 e. The lowest BCUT2D eigenvalue weighted by atomic mass is 10.0. The summed E-state index contributed by atoms with van der Waals surface area (Å²) >= 11 is 0. The van der Waals surface area contributed by atoms with Crippen molar-refractivity contribution in [1.29, 1.82) is 5.26 Å². The average molecular weight is 380 g/mol. The van der Waals surface area contributed by atoms with Crippen molar-refractivity contribution in [3.05, 3.63) is 40.7 Å². The Hall–Kier alpha value is -2.72. The molecular formula is C21H28N6O. The third kappa shape index (κ3) is 4.39. The molecule has 1 aliphatic heterocycles. The topological polar surface area (TPSA) is 87.0 Å². The average Bonchev–Trinajstić information content (AvgIpc) is 2.71. The Balaban J connectivity index is 1.70. The molecule has 1 fully saturated rings. The Bertz CT molecular complexity index is 835. The molecule has 0 spiro atoms. The number of rotatable bonds is 6. The first-order chi connectivity index (χ1) is 13.5. The zero-order valence-corrected chi connectivity index (χ0v) is 17.1. The predicted molar refractivity (Wildman–Crippen MR) is 109 cm³/mol. The molecule has 1 aliphatic rings. The number of morpholine rings is 1. The van der Waals surface area contributed by atoms with Crippen molar-refractivity contribution < 1.29 is 4.74 Å². The minimum Gasteiger partial charge on any atom is -0.372 e. The van der Waals surface area contributed by atoms with Crippen molar-refractivity contribution >= 4 is 11.6 Å². The van der Waals surface area contributed by atoms with Crippen molar-refractivity contribution in [3.8, 4) is 6.07 Å². The Morgan fingerprint density at radius 2 is 1.93 bits per heavy atom. The van der Waals surface area contributed by atoms with Gasteiger partial charge in [0.1, 0.15) is 17.5 Å². The first kappa shape index (κ1) is 20.0.